The van der Waals surface area contributed by atoms with E-state index >= 15 is 0 Å². The summed E-state index contributed by atoms with van der Waals surface area (Å²) in [6.07, 6.45) is 3.37. The molecule has 0 radical (unpaired) electrons. The van der Waals surface area contributed by atoms with Gasteiger partial charge in [0, 0.05) is 18.5 Å². The smallest absolute Gasteiger partial charge is 0.0703 e. The van der Waals surface area contributed by atoms with Crippen molar-refractivity contribution in [3.8, 4) is 0 Å². The van der Waals surface area contributed by atoms with E-state index < -0.39 is 0 Å². The van der Waals surface area contributed by atoms with Gasteiger partial charge in [0.1, 0.15) is 0 Å². The zero-order chi connectivity index (χ0) is 13.0. The Labute approximate surface area is 109 Å². The van der Waals surface area contributed by atoms with E-state index in [0.717, 1.165) is 19.4 Å². The van der Waals surface area contributed by atoms with Gasteiger partial charge in [0.25, 0.3) is 0 Å². The molecule has 1 aromatic carbocycles. The van der Waals surface area contributed by atoms with Crippen LogP contribution in [-0.4, -0.2) is 22.4 Å². The molecule has 0 spiro atoms. The predicted molar refractivity (Wildman–Crippen MR) is 76.8 cm³/mol. The minimum absolute atomic E-state index is 0.561. The molecular formula is C15H23N3. The minimum atomic E-state index is 0.561. The highest BCUT2D eigenvalue weighted by atomic mass is 15.3. The standard InChI is InChI=1S/C15H23N3/c1-4-11-16-12(2)9-10-14-13-7-5-6-8-15(13)18(3)17-14/h5-8,12,16H,4,9-11H2,1-3H3. The van der Waals surface area contributed by atoms with Crippen LogP contribution in [-0.2, 0) is 13.5 Å². The number of hydrogen-bond acceptors (Lipinski definition) is 2. The molecule has 1 aromatic heterocycles. The molecule has 0 aliphatic heterocycles. The number of hydrogen-bond donors (Lipinski definition) is 1. The topological polar surface area (TPSA) is 29.9 Å². The van der Waals surface area contributed by atoms with Crippen LogP contribution >= 0.6 is 0 Å². The number of nitrogens with one attached hydrogen (secondary N) is 1. The molecule has 0 aliphatic rings. The van der Waals surface area contributed by atoms with Crippen LogP contribution in [0, 0.1) is 0 Å². The van der Waals surface area contributed by atoms with Crippen molar-refractivity contribution in [2.45, 2.75) is 39.2 Å². The second-order valence-corrected chi connectivity index (χ2v) is 4.98. The third kappa shape index (κ3) is 2.91. The van der Waals surface area contributed by atoms with Gasteiger partial charge in [-0.3, -0.25) is 4.68 Å². The molecule has 1 atom stereocenters. The summed E-state index contributed by atoms with van der Waals surface area (Å²) in [5.74, 6) is 0. The largest absolute Gasteiger partial charge is 0.314 e. The summed E-state index contributed by atoms with van der Waals surface area (Å²) in [4.78, 5) is 0. The maximum Gasteiger partial charge on any atom is 0.0703 e. The van der Waals surface area contributed by atoms with E-state index in [1.54, 1.807) is 0 Å². The van der Waals surface area contributed by atoms with Gasteiger partial charge in [-0.1, -0.05) is 25.1 Å². The average molecular weight is 245 g/mol. The number of nitrogens with zero attached hydrogens (tertiary/aromatic N) is 2. The summed E-state index contributed by atoms with van der Waals surface area (Å²) in [7, 11) is 2.02. The van der Waals surface area contributed by atoms with Crippen LogP contribution in [0.3, 0.4) is 0 Å². The third-order valence-electron chi connectivity index (χ3n) is 3.39. The quantitative estimate of drug-likeness (QED) is 0.848. The van der Waals surface area contributed by atoms with Crippen molar-refractivity contribution in [1.29, 1.82) is 0 Å². The first-order valence-electron chi connectivity index (χ1n) is 6.86. The van der Waals surface area contributed by atoms with Crippen molar-refractivity contribution < 1.29 is 0 Å². The summed E-state index contributed by atoms with van der Waals surface area (Å²) < 4.78 is 1.98. The van der Waals surface area contributed by atoms with Gasteiger partial charge in [-0.15, -0.1) is 0 Å². The SMILES string of the molecule is CCCNC(C)CCc1nn(C)c2ccccc12. The minimum Gasteiger partial charge on any atom is -0.314 e. The first kappa shape index (κ1) is 13.1. The lowest BCUT2D eigenvalue weighted by Crippen LogP contribution is -2.27. The summed E-state index contributed by atoms with van der Waals surface area (Å²) in [6.45, 7) is 5.55. The lowest BCUT2D eigenvalue weighted by Gasteiger charge is -2.11. The highest BCUT2D eigenvalue weighted by Crippen LogP contribution is 2.18. The number of benzene rings is 1. The van der Waals surface area contributed by atoms with E-state index in [9.17, 15) is 0 Å². The molecule has 0 aliphatic carbocycles. The van der Waals surface area contributed by atoms with Gasteiger partial charge in [-0.25, -0.2) is 0 Å². The Morgan fingerprint density at radius 2 is 2.11 bits per heavy atom. The van der Waals surface area contributed by atoms with Crippen molar-refractivity contribution in [1.82, 2.24) is 15.1 Å². The average Bonchev–Trinajstić information content (AvgIpc) is 2.71. The third-order valence-corrected chi connectivity index (χ3v) is 3.39. The number of aryl methyl sites for hydroxylation is 2. The van der Waals surface area contributed by atoms with Gasteiger partial charge in [-0.2, -0.15) is 5.10 Å². The van der Waals surface area contributed by atoms with Crippen LogP contribution in [0.2, 0.25) is 0 Å². The Morgan fingerprint density at radius 1 is 1.33 bits per heavy atom. The highest BCUT2D eigenvalue weighted by Gasteiger charge is 2.09. The summed E-state index contributed by atoms with van der Waals surface area (Å²) >= 11 is 0. The zero-order valence-electron chi connectivity index (χ0n) is 11.6. The summed E-state index contributed by atoms with van der Waals surface area (Å²) in [5.41, 5.74) is 2.44. The lowest BCUT2D eigenvalue weighted by molar-refractivity contribution is 0.510. The van der Waals surface area contributed by atoms with Crippen molar-refractivity contribution in [2.75, 3.05) is 6.54 Å². The number of aromatic nitrogens is 2. The fourth-order valence-corrected chi connectivity index (χ4v) is 2.32. The van der Waals surface area contributed by atoms with Crippen LogP contribution in [0.1, 0.15) is 32.4 Å². The monoisotopic (exact) mass is 245 g/mol. The molecule has 1 unspecified atom stereocenters. The van der Waals surface area contributed by atoms with Crippen molar-refractivity contribution in [3.63, 3.8) is 0 Å². The number of para-hydroxylation sites is 1. The molecule has 98 valence electrons. The molecule has 3 nitrogen and oxygen atoms in total. The van der Waals surface area contributed by atoms with Crippen molar-refractivity contribution >= 4 is 10.9 Å². The van der Waals surface area contributed by atoms with Crippen LogP contribution in [0.4, 0.5) is 0 Å². The van der Waals surface area contributed by atoms with E-state index in [0.29, 0.717) is 6.04 Å². The predicted octanol–water partition coefficient (Wildman–Crippen LogP) is 2.89. The van der Waals surface area contributed by atoms with Gasteiger partial charge in [0.05, 0.1) is 11.2 Å². The maximum atomic E-state index is 4.63. The molecule has 0 saturated carbocycles. The van der Waals surface area contributed by atoms with E-state index in [2.05, 4.69) is 48.5 Å². The molecular weight excluding hydrogens is 222 g/mol. The molecule has 2 rings (SSSR count). The van der Waals surface area contributed by atoms with E-state index in [1.807, 2.05) is 11.7 Å². The van der Waals surface area contributed by atoms with Crippen LogP contribution in [0.15, 0.2) is 24.3 Å². The normalized spacial score (nSPS) is 13.1. The molecule has 2 aromatic rings. The molecule has 1 N–H and O–H groups in total. The lowest BCUT2D eigenvalue weighted by atomic mass is 10.1. The molecule has 18 heavy (non-hydrogen) atoms. The second-order valence-electron chi connectivity index (χ2n) is 4.98. The second kappa shape index (κ2) is 6.01. The van der Waals surface area contributed by atoms with Crippen LogP contribution < -0.4 is 5.32 Å². The first-order chi connectivity index (χ1) is 8.72. The van der Waals surface area contributed by atoms with Gasteiger partial charge in [0.15, 0.2) is 0 Å². The van der Waals surface area contributed by atoms with E-state index in [1.165, 1.54) is 23.0 Å². The summed E-state index contributed by atoms with van der Waals surface area (Å²) in [5, 5.41) is 9.45. The Hall–Kier alpha value is -1.35. The van der Waals surface area contributed by atoms with Gasteiger partial charge < -0.3 is 5.32 Å². The van der Waals surface area contributed by atoms with Gasteiger partial charge >= 0.3 is 0 Å². The molecule has 0 bridgehead atoms. The van der Waals surface area contributed by atoms with Gasteiger partial charge in [-0.05, 0) is 38.8 Å². The Kier molecular flexibility index (Phi) is 4.37. The molecule has 0 saturated heterocycles. The molecule has 1 heterocycles. The van der Waals surface area contributed by atoms with Crippen molar-refractivity contribution in [2.24, 2.45) is 7.05 Å². The Bertz CT molecular complexity index is 501. The Balaban J connectivity index is 2.03. The summed E-state index contributed by atoms with van der Waals surface area (Å²) in [6, 6.07) is 9.02. The zero-order valence-corrected chi connectivity index (χ0v) is 11.6. The van der Waals surface area contributed by atoms with Gasteiger partial charge in [0.2, 0.25) is 0 Å². The number of fused-ring (bicyclic) bond motifs is 1. The fourth-order valence-electron chi connectivity index (χ4n) is 2.32. The molecule has 3 heteroatoms. The maximum absolute atomic E-state index is 4.63. The van der Waals surface area contributed by atoms with Crippen LogP contribution in [0.25, 0.3) is 10.9 Å². The van der Waals surface area contributed by atoms with Crippen LogP contribution in [0.5, 0.6) is 0 Å². The Morgan fingerprint density at radius 3 is 2.89 bits per heavy atom. The van der Waals surface area contributed by atoms with Crippen molar-refractivity contribution in [3.05, 3.63) is 30.0 Å². The fraction of sp³-hybridized carbons (Fsp3) is 0.533. The number of rotatable bonds is 6. The highest BCUT2D eigenvalue weighted by molar-refractivity contribution is 5.81. The first-order valence-corrected chi connectivity index (χ1v) is 6.86. The molecule has 0 amide bonds. The molecule has 0 fully saturated rings. The van der Waals surface area contributed by atoms with E-state index in [4.69, 9.17) is 0 Å². The van der Waals surface area contributed by atoms with E-state index in [-0.39, 0.29) is 0 Å².